The topological polar surface area (TPSA) is 92.4 Å². The first kappa shape index (κ1) is 17.3. The fourth-order valence-corrected chi connectivity index (χ4v) is 0.903. The van der Waals surface area contributed by atoms with E-state index in [1.165, 1.54) is 0 Å². The number of carbonyl (C=O) groups excluding carboxylic acids is 1. The molecule has 0 saturated heterocycles. The van der Waals surface area contributed by atoms with Crippen LogP contribution in [-0.2, 0) is 9.59 Å². The highest BCUT2D eigenvalue weighted by Gasteiger charge is 2.12. The Morgan fingerprint density at radius 2 is 1.94 bits per heavy atom. The Hall–Kier alpha value is -1.10. The summed E-state index contributed by atoms with van der Waals surface area (Å²) in [5, 5.41) is 11.1. The molecule has 4 N–H and O–H groups in total. The van der Waals surface area contributed by atoms with Gasteiger partial charge in [-0.15, -0.1) is 0 Å². The van der Waals surface area contributed by atoms with Crippen molar-refractivity contribution in [2.75, 3.05) is 6.54 Å². The number of carboxylic acid groups (broad SMARTS) is 1. The zero-order valence-electron chi connectivity index (χ0n) is 10.5. The highest BCUT2D eigenvalue weighted by atomic mass is 16.4. The van der Waals surface area contributed by atoms with Crippen molar-refractivity contribution in [2.24, 2.45) is 5.73 Å². The number of unbranched alkanes of at least 4 members (excludes halogenated alkanes) is 1. The zero-order valence-corrected chi connectivity index (χ0v) is 10.5. The Morgan fingerprint density at radius 3 is 2.38 bits per heavy atom. The summed E-state index contributed by atoms with van der Waals surface area (Å²) in [6.45, 7) is 6.68. The molecule has 5 heteroatoms. The number of carboxylic acids is 1. The quantitative estimate of drug-likeness (QED) is 0.573. The number of nitrogens with two attached hydrogens (primary N) is 1. The minimum atomic E-state index is -1.06. The van der Waals surface area contributed by atoms with E-state index < -0.39 is 12.0 Å². The first-order valence-electron chi connectivity index (χ1n) is 5.83. The third kappa shape index (κ3) is 11.0. The summed E-state index contributed by atoms with van der Waals surface area (Å²) in [7, 11) is 0. The molecule has 0 spiro atoms. The third-order valence-electron chi connectivity index (χ3n) is 1.85. The molecule has 1 unspecified atom stereocenters. The van der Waals surface area contributed by atoms with Crippen LogP contribution >= 0.6 is 0 Å². The number of carbonyl (C=O) groups is 2. The van der Waals surface area contributed by atoms with Crippen LogP contribution in [0, 0.1) is 0 Å². The lowest BCUT2D eigenvalue weighted by Gasteiger charge is -2.06. The van der Waals surface area contributed by atoms with Crippen molar-refractivity contribution in [1.29, 1.82) is 0 Å². The molecule has 0 aromatic rings. The molecule has 0 saturated carbocycles. The largest absolute Gasteiger partial charge is 0.480 e. The van der Waals surface area contributed by atoms with E-state index in [0.29, 0.717) is 6.54 Å². The van der Waals surface area contributed by atoms with Gasteiger partial charge in [-0.3, -0.25) is 9.59 Å². The molecule has 0 aliphatic carbocycles. The van der Waals surface area contributed by atoms with Crippen LogP contribution in [-0.4, -0.2) is 29.6 Å². The molecule has 0 bridgehead atoms. The van der Waals surface area contributed by atoms with Crippen LogP contribution in [0.3, 0.4) is 0 Å². The molecule has 1 amide bonds. The number of rotatable bonds is 7. The van der Waals surface area contributed by atoms with E-state index in [-0.39, 0.29) is 18.7 Å². The van der Waals surface area contributed by atoms with Crippen molar-refractivity contribution in [3.63, 3.8) is 0 Å². The average molecular weight is 232 g/mol. The van der Waals surface area contributed by atoms with Crippen LogP contribution in [0.1, 0.15) is 46.5 Å². The Kier molecular flexibility index (Phi) is 12.9. The van der Waals surface area contributed by atoms with Gasteiger partial charge in [0.15, 0.2) is 0 Å². The molecule has 0 fully saturated rings. The van der Waals surface area contributed by atoms with Gasteiger partial charge in [0.25, 0.3) is 0 Å². The first-order chi connectivity index (χ1) is 7.57. The van der Waals surface area contributed by atoms with Crippen LogP contribution in [0.15, 0.2) is 0 Å². The summed E-state index contributed by atoms with van der Waals surface area (Å²) in [5.41, 5.74) is 5.24. The normalized spacial score (nSPS) is 11.0. The third-order valence-corrected chi connectivity index (χ3v) is 1.85. The van der Waals surface area contributed by atoms with Gasteiger partial charge >= 0.3 is 5.97 Å². The van der Waals surface area contributed by atoms with Crippen molar-refractivity contribution in [2.45, 2.75) is 52.5 Å². The summed E-state index contributed by atoms with van der Waals surface area (Å²) in [5.74, 6) is -1.19. The predicted molar refractivity (Wildman–Crippen MR) is 64.1 cm³/mol. The maximum Gasteiger partial charge on any atom is 0.320 e. The second-order valence-corrected chi connectivity index (χ2v) is 3.19. The maximum atomic E-state index is 11.1. The molecular formula is C11H24N2O3. The van der Waals surface area contributed by atoms with Crippen molar-refractivity contribution in [3.8, 4) is 0 Å². The second-order valence-electron chi connectivity index (χ2n) is 3.19. The average Bonchev–Trinajstić information content (AvgIpc) is 2.28. The predicted octanol–water partition coefficient (Wildman–Crippen LogP) is 1.12. The maximum absolute atomic E-state index is 11.1. The van der Waals surface area contributed by atoms with Gasteiger partial charge in [0.2, 0.25) is 5.91 Å². The van der Waals surface area contributed by atoms with Crippen LogP contribution < -0.4 is 11.1 Å². The van der Waals surface area contributed by atoms with E-state index >= 15 is 0 Å². The summed E-state index contributed by atoms with van der Waals surface area (Å²) >= 11 is 0. The molecule has 16 heavy (non-hydrogen) atoms. The molecule has 0 aromatic heterocycles. The highest BCUT2D eigenvalue weighted by molar-refractivity contribution is 5.78. The van der Waals surface area contributed by atoms with E-state index in [2.05, 4.69) is 5.32 Å². The highest BCUT2D eigenvalue weighted by Crippen LogP contribution is 1.94. The number of hydrogen-bond donors (Lipinski definition) is 3. The van der Waals surface area contributed by atoms with Crippen molar-refractivity contribution in [3.05, 3.63) is 0 Å². The monoisotopic (exact) mass is 232 g/mol. The van der Waals surface area contributed by atoms with Gasteiger partial charge in [-0.1, -0.05) is 27.2 Å². The standard InChI is InChI=1S/C9H18N2O3.C2H6/c1-2-3-6-11-8(12)5-4-7(10)9(13)14;1-2/h7H,2-6,10H2,1H3,(H,11,12)(H,13,14);1-2H3. The van der Waals surface area contributed by atoms with E-state index in [1.54, 1.807) is 0 Å². The summed E-state index contributed by atoms with van der Waals surface area (Å²) in [4.78, 5) is 21.4. The van der Waals surface area contributed by atoms with Crippen molar-refractivity contribution < 1.29 is 14.7 Å². The zero-order chi connectivity index (χ0) is 13.0. The first-order valence-corrected chi connectivity index (χ1v) is 5.83. The summed E-state index contributed by atoms with van der Waals surface area (Å²) in [6.07, 6.45) is 2.33. The molecule has 5 nitrogen and oxygen atoms in total. The van der Waals surface area contributed by atoms with Crippen molar-refractivity contribution >= 4 is 11.9 Å². The SMILES string of the molecule is CC.CCCCNC(=O)CCC(N)C(=O)O. The van der Waals surface area contributed by atoms with Gasteiger partial charge in [-0.25, -0.2) is 0 Å². The van der Waals surface area contributed by atoms with Gasteiger partial charge < -0.3 is 16.2 Å². The lowest BCUT2D eigenvalue weighted by atomic mass is 10.1. The van der Waals surface area contributed by atoms with E-state index in [0.717, 1.165) is 12.8 Å². The molecule has 0 heterocycles. The fourth-order valence-electron chi connectivity index (χ4n) is 0.903. The van der Waals surface area contributed by atoms with Crippen LogP contribution in [0.5, 0.6) is 0 Å². The van der Waals surface area contributed by atoms with Gasteiger partial charge in [0, 0.05) is 13.0 Å². The number of aliphatic carboxylic acids is 1. The number of amides is 1. The number of nitrogens with one attached hydrogen (secondary N) is 1. The second kappa shape index (κ2) is 12.0. The van der Waals surface area contributed by atoms with E-state index in [1.807, 2.05) is 20.8 Å². The number of hydrogen-bond acceptors (Lipinski definition) is 3. The summed E-state index contributed by atoms with van der Waals surface area (Å²) in [6, 6.07) is -0.938. The van der Waals surface area contributed by atoms with Crippen LogP contribution in [0.4, 0.5) is 0 Å². The molecule has 0 rings (SSSR count). The van der Waals surface area contributed by atoms with E-state index in [9.17, 15) is 9.59 Å². The van der Waals surface area contributed by atoms with Gasteiger partial charge in [-0.05, 0) is 12.8 Å². The molecule has 0 aliphatic heterocycles. The molecule has 0 radical (unpaired) electrons. The lowest BCUT2D eigenvalue weighted by molar-refractivity contribution is -0.138. The summed E-state index contributed by atoms with van der Waals surface area (Å²) < 4.78 is 0. The van der Waals surface area contributed by atoms with Crippen LogP contribution in [0.25, 0.3) is 0 Å². The minimum absolute atomic E-state index is 0.129. The minimum Gasteiger partial charge on any atom is -0.480 e. The van der Waals surface area contributed by atoms with Crippen molar-refractivity contribution in [1.82, 2.24) is 5.32 Å². The smallest absolute Gasteiger partial charge is 0.320 e. The van der Waals surface area contributed by atoms with Gasteiger partial charge in [0.05, 0.1) is 0 Å². The Balaban J connectivity index is 0. The molecule has 0 aliphatic rings. The van der Waals surface area contributed by atoms with E-state index in [4.69, 9.17) is 10.8 Å². The fraction of sp³-hybridized carbons (Fsp3) is 0.818. The Morgan fingerprint density at radius 1 is 1.38 bits per heavy atom. The molecule has 0 aromatic carbocycles. The molecular weight excluding hydrogens is 208 g/mol. The molecule has 1 atom stereocenters. The van der Waals surface area contributed by atoms with Crippen LogP contribution in [0.2, 0.25) is 0 Å². The lowest BCUT2D eigenvalue weighted by Crippen LogP contribution is -2.32. The molecule has 96 valence electrons. The Bertz CT molecular complexity index is 196. The Labute approximate surface area is 97.4 Å². The van der Waals surface area contributed by atoms with Gasteiger partial charge in [0.1, 0.15) is 6.04 Å². The van der Waals surface area contributed by atoms with Gasteiger partial charge in [-0.2, -0.15) is 0 Å².